The monoisotopic (exact) mass is 557 g/mol. The van der Waals surface area contributed by atoms with Gasteiger partial charge >= 0.3 is 11.9 Å². The Hall–Kier alpha value is -3.06. The molecule has 0 bridgehead atoms. The smallest absolute Gasteiger partial charge is 0.392 e. The predicted molar refractivity (Wildman–Crippen MR) is 125 cm³/mol. The molecule has 38 heavy (non-hydrogen) atoms. The molecule has 1 saturated heterocycles. The molecule has 0 radical (unpaired) electrons. The van der Waals surface area contributed by atoms with Crippen molar-refractivity contribution in [2.45, 2.75) is 62.0 Å². The molecule has 204 valence electrons. The number of halogens is 5. The first-order valence-electron chi connectivity index (χ1n) is 12.0. The van der Waals surface area contributed by atoms with Gasteiger partial charge in [-0.05, 0) is 50.3 Å². The number of rotatable bonds is 5. The first-order valence-corrected chi connectivity index (χ1v) is 13.5. The van der Waals surface area contributed by atoms with Crippen LogP contribution in [0.15, 0.2) is 51.7 Å². The molecule has 2 fully saturated rings. The molecule has 2 heterocycles. The van der Waals surface area contributed by atoms with Crippen LogP contribution in [0.25, 0.3) is 0 Å². The molecular weight excluding hydrogens is 533 g/mol. The second kappa shape index (κ2) is 9.30. The number of alkyl halides is 3. The molecule has 2 aliphatic rings. The highest BCUT2D eigenvalue weighted by atomic mass is 32.2. The lowest BCUT2D eigenvalue weighted by molar-refractivity contribution is -0.207. The van der Waals surface area contributed by atoms with E-state index in [0.717, 1.165) is 16.4 Å². The molecule has 3 aromatic rings. The number of sulfonamides is 1. The number of H-pyrrole nitrogens is 1. The van der Waals surface area contributed by atoms with Gasteiger partial charge in [-0.25, -0.2) is 27.1 Å². The van der Waals surface area contributed by atoms with Crippen LogP contribution >= 0.6 is 0 Å². The van der Waals surface area contributed by atoms with Gasteiger partial charge in [0.25, 0.3) is 0 Å². The van der Waals surface area contributed by atoms with E-state index < -0.39 is 87.1 Å². The van der Waals surface area contributed by atoms with E-state index in [1.165, 1.54) is 0 Å². The van der Waals surface area contributed by atoms with Crippen molar-refractivity contribution in [3.8, 4) is 0 Å². The van der Waals surface area contributed by atoms with Crippen molar-refractivity contribution in [1.82, 2.24) is 14.5 Å². The summed E-state index contributed by atoms with van der Waals surface area (Å²) < 4.78 is 104. The highest BCUT2D eigenvalue weighted by Crippen LogP contribution is 2.57. The topological polar surface area (TPSA) is 96.3 Å². The van der Waals surface area contributed by atoms with Gasteiger partial charge in [-0.1, -0.05) is 30.3 Å². The summed E-state index contributed by atoms with van der Waals surface area (Å²) in [6, 6.07) is 9.68. The summed E-state index contributed by atoms with van der Waals surface area (Å²) in [6.45, 7) is 1.23. The van der Waals surface area contributed by atoms with E-state index in [1.54, 1.807) is 37.3 Å². The Morgan fingerprint density at radius 1 is 1.11 bits per heavy atom. The molecule has 0 unspecified atom stereocenters. The summed E-state index contributed by atoms with van der Waals surface area (Å²) in [7, 11) is -3.93. The third-order valence-corrected chi connectivity index (χ3v) is 10.0. The van der Waals surface area contributed by atoms with Crippen molar-refractivity contribution in [2.75, 3.05) is 0 Å². The molecule has 0 amide bonds. The molecule has 5 rings (SSSR count). The van der Waals surface area contributed by atoms with Crippen LogP contribution in [-0.2, 0) is 22.0 Å². The molecule has 13 heteroatoms. The molecule has 1 aliphatic carbocycles. The average Bonchev–Trinajstić information content (AvgIpc) is 3.24. The van der Waals surface area contributed by atoms with E-state index in [-0.39, 0.29) is 5.56 Å². The number of aromatic nitrogens is 2. The van der Waals surface area contributed by atoms with Crippen molar-refractivity contribution >= 4 is 10.0 Å². The van der Waals surface area contributed by atoms with Gasteiger partial charge in [-0.2, -0.15) is 17.5 Å². The van der Waals surface area contributed by atoms with Crippen molar-refractivity contribution in [3.63, 3.8) is 0 Å². The highest BCUT2D eigenvalue weighted by molar-refractivity contribution is 7.89. The predicted octanol–water partition coefficient (Wildman–Crippen LogP) is 4.95. The Morgan fingerprint density at radius 2 is 1.79 bits per heavy atom. The van der Waals surface area contributed by atoms with Gasteiger partial charge in [0, 0.05) is 23.7 Å². The summed E-state index contributed by atoms with van der Waals surface area (Å²) in [5, 5.41) is 4.72. The van der Waals surface area contributed by atoms with E-state index in [2.05, 4.69) is 5.10 Å². The van der Waals surface area contributed by atoms with E-state index in [4.69, 9.17) is 4.42 Å². The third-order valence-electron chi connectivity index (χ3n) is 7.67. The van der Waals surface area contributed by atoms with Crippen LogP contribution in [0.2, 0.25) is 0 Å². The first-order chi connectivity index (χ1) is 17.8. The Labute approximate surface area is 214 Å². The molecule has 2 atom stereocenters. The maximum absolute atomic E-state index is 15.5. The van der Waals surface area contributed by atoms with Crippen molar-refractivity contribution < 1.29 is 34.8 Å². The lowest BCUT2D eigenvalue weighted by Crippen LogP contribution is -2.49. The molecule has 1 aliphatic heterocycles. The fraction of sp³-hybridized carbons (Fsp3) is 0.440. The lowest BCUT2D eigenvalue weighted by Gasteiger charge is -2.46. The van der Waals surface area contributed by atoms with Crippen molar-refractivity contribution in [1.29, 1.82) is 0 Å². The molecule has 1 N–H and O–H groups in total. The molecular formula is C25H24F5N3O4S. The fourth-order valence-corrected chi connectivity index (χ4v) is 7.74. The van der Waals surface area contributed by atoms with Crippen molar-refractivity contribution in [2.24, 2.45) is 5.92 Å². The molecule has 0 spiro atoms. The van der Waals surface area contributed by atoms with E-state index in [0.29, 0.717) is 18.4 Å². The summed E-state index contributed by atoms with van der Waals surface area (Å²) >= 11 is 0. The van der Waals surface area contributed by atoms with Crippen LogP contribution < -0.4 is 5.76 Å². The second-order valence-electron chi connectivity index (χ2n) is 9.99. The Bertz CT molecular complexity index is 1500. The van der Waals surface area contributed by atoms with Gasteiger partial charge in [0.1, 0.15) is 16.9 Å². The van der Waals surface area contributed by atoms with Gasteiger partial charge in [0.2, 0.25) is 15.9 Å². The summed E-state index contributed by atoms with van der Waals surface area (Å²) in [4.78, 5) is 11.5. The SMILES string of the molecule is C[C@H]1CC[C@H](c2ccccc2)S(=O)(=O)N1Cc1cc(F)c([C@]2(c3n[nH]c(=O)o3)C[C@H](C(F)(F)F)C2)cc1F. The zero-order valence-electron chi connectivity index (χ0n) is 20.1. The van der Waals surface area contributed by atoms with E-state index in [9.17, 15) is 26.4 Å². The quantitative estimate of drug-likeness (QED) is 0.448. The Balaban J connectivity index is 1.49. The summed E-state index contributed by atoms with van der Waals surface area (Å²) in [6.07, 6.45) is -5.08. The molecule has 1 aromatic heterocycles. The number of benzene rings is 2. The number of nitrogens with zero attached hydrogens (tertiary/aromatic N) is 2. The summed E-state index contributed by atoms with van der Waals surface area (Å²) in [5.74, 6) is -5.36. The minimum absolute atomic E-state index is 0.263. The maximum atomic E-state index is 15.5. The van der Waals surface area contributed by atoms with Gasteiger partial charge in [0.15, 0.2) is 0 Å². The highest BCUT2D eigenvalue weighted by Gasteiger charge is 2.60. The lowest BCUT2D eigenvalue weighted by atomic mass is 9.58. The minimum Gasteiger partial charge on any atom is -0.392 e. The fourth-order valence-electron chi connectivity index (χ4n) is 5.55. The first kappa shape index (κ1) is 26.5. The van der Waals surface area contributed by atoms with Gasteiger partial charge in [-0.3, -0.25) is 0 Å². The average molecular weight is 558 g/mol. The van der Waals surface area contributed by atoms with Crippen LogP contribution in [-0.4, -0.2) is 35.1 Å². The van der Waals surface area contributed by atoms with Gasteiger partial charge in [0.05, 0.1) is 11.3 Å². The van der Waals surface area contributed by atoms with Crippen LogP contribution in [0, 0.1) is 17.6 Å². The largest absolute Gasteiger partial charge is 0.434 e. The molecule has 7 nitrogen and oxygen atoms in total. The number of hydrogen-bond donors (Lipinski definition) is 1. The Kier molecular flexibility index (Phi) is 6.49. The number of nitrogens with one attached hydrogen (secondary N) is 1. The molecule has 1 saturated carbocycles. The summed E-state index contributed by atoms with van der Waals surface area (Å²) in [5.41, 5.74) is -1.91. The molecule has 2 aromatic carbocycles. The number of aromatic amines is 1. The third kappa shape index (κ3) is 4.45. The zero-order valence-corrected chi connectivity index (χ0v) is 21.0. The Morgan fingerprint density at radius 3 is 2.39 bits per heavy atom. The van der Waals surface area contributed by atoms with E-state index in [1.807, 2.05) is 5.10 Å². The van der Waals surface area contributed by atoms with E-state index >= 15 is 8.78 Å². The van der Waals surface area contributed by atoms with Crippen LogP contribution in [0.3, 0.4) is 0 Å². The van der Waals surface area contributed by atoms with Crippen LogP contribution in [0.1, 0.15) is 60.4 Å². The van der Waals surface area contributed by atoms with Crippen LogP contribution in [0.4, 0.5) is 22.0 Å². The second-order valence-corrected chi connectivity index (χ2v) is 12.1. The zero-order chi connectivity index (χ0) is 27.5. The number of hydrogen-bond acceptors (Lipinski definition) is 5. The normalized spacial score (nSPS) is 27.7. The van der Waals surface area contributed by atoms with Crippen molar-refractivity contribution in [3.05, 3.63) is 87.2 Å². The van der Waals surface area contributed by atoms with Gasteiger partial charge < -0.3 is 4.42 Å². The van der Waals surface area contributed by atoms with Crippen LogP contribution in [0.5, 0.6) is 0 Å². The standard InChI is InChI=1S/C25H24F5N3O4S/c1-14-7-8-21(15-5-3-2-4-6-15)38(35,36)33(14)13-16-9-20(27)18(10-19(16)26)24(22-31-32-23(34)37-22)11-17(12-24)25(28,29)30/h2-6,9-10,14,17,21H,7-8,11-13H2,1H3,(H,32,34)/t14-,17-,21+,24-/m0/s1. The maximum Gasteiger partial charge on any atom is 0.434 e. The minimum atomic E-state index is -4.58. The van der Waals surface area contributed by atoms with Gasteiger partial charge in [-0.15, -0.1) is 5.10 Å².